The van der Waals surface area contributed by atoms with Crippen molar-refractivity contribution in [3.63, 3.8) is 0 Å². The predicted octanol–water partition coefficient (Wildman–Crippen LogP) is 4.75. The maximum absolute atomic E-state index is 11.4. The average molecular weight is 502 g/mol. The Labute approximate surface area is 211 Å². The van der Waals surface area contributed by atoms with Gasteiger partial charge in [-0.3, -0.25) is 20.2 Å². The number of nitro groups is 2. The van der Waals surface area contributed by atoms with E-state index >= 15 is 0 Å². The van der Waals surface area contributed by atoms with Crippen molar-refractivity contribution in [2.24, 2.45) is 10.2 Å². The van der Waals surface area contributed by atoms with Crippen molar-refractivity contribution in [3.8, 4) is 6.07 Å². The molecule has 0 atom stereocenters. The van der Waals surface area contributed by atoms with E-state index in [4.69, 9.17) is 10.2 Å². The van der Waals surface area contributed by atoms with E-state index < -0.39 is 21.2 Å². The molecule has 0 unspecified atom stereocenters. The first-order valence-corrected chi connectivity index (χ1v) is 11.0. The molecule has 12 nitrogen and oxygen atoms in total. The molecule has 0 bridgehead atoms. The summed E-state index contributed by atoms with van der Waals surface area (Å²) in [7, 11) is 0. The molecule has 3 rings (SSSR count). The molecule has 0 saturated carbocycles. The molecule has 0 aromatic heterocycles. The number of hydrogen-bond acceptors (Lipinski definition) is 10. The number of aliphatic hydroxyl groups excluding tert-OH is 2. The summed E-state index contributed by atoms with van der Waals surface area (Å²) < 4.78 is 0. The van der Waals surface area contributed by atoms with Crippen LogP contribution in [0.5, 0.6) is 0 Å². The topological polar surface area (TPSA) is 178 Å². The van der Waals surface area contributed by atoms with E-state index in [-0.39, 0.29) is 24.3 Å². The van der Waals surface area contributed by atoms with Gasteiger partial charge in [-0.05, 0) is 48.0 Å². The molecule has 0 aliphatic carbocycles. The molecule has 0 heterocycles. The Morgan fingerprint density at radius 3 is 1.92 bits per heavy atom. The Morgan fingerprint density at radius 1 is 0.865 bits per heavy atom. The van der Waals surface area contributed by atoms with E-state index in [1.807, 2.05) is 17.0 Å². The lowest BCUT2D eigenvalue weighted by molar-refractivity contribution is -0.394. The summed E-state index contributed by atoms with van der Waals surface area (Å²) in [6, 6.07) is 17.6. The van der Waals surface area contributed by atoms with E-state index in [1.54, 1.807) is 48.5 Å². The van der Waals surface area contributed by atoms with Crippen LogP contribution >= 0.6 is 0 Å². The Morgan fingerprint density at radius 2 is 1.43 bits per heavy atom. The number of nitriles is 1. The standard InChI is InChI=1S/C25H22N6O6/c26-17-19-15-23(30(34)35)16-25(31(36)37)24(19)10-3-18-1-4-20(5-2-18)27-28-21-6-8-22(9-7-21)29(11-13-32)12-14-33/h1-10,15-16,32-33H,11-14H2/b10-3+,28-27?. The summed E-state index contributed by atoms with van der Waals surface area (Å²) in [5.41, 5.74) is 1.40. The van der Waals surface area contributed by atoms with E-state index in [0.717, 1.165) is 17.8 Å². The number of azo groups is 1. The zero-order chi connectivity index (χ0) is 26.8. The van der Waals surface area contributed by atoms with Gasteiger partial charge in [-0.15, -0.1) is 0 Å². The largest absolute Gasteiger partial charge is 0.395 e. The molecule has 0 saturated heterocycles. The van der Waals surface area contributed by atoms with Crippen LogP contribution < -0.4 is 4.90 Å². The lowest BCUT2D eigenvalue weighted by Gasteiger charge is -2.22. The molecule has 12 heteroatoms. The highest BCUT2D eigenvalue weighted by Crippen LogP contribution is 2.30. The van der Waals surface area contributed by atoms with Crippen molar-refractivity contribution in [1.29, 1.82) is 5.26 Å². The van der Waals surface area contributed by atoms with Gasteiger partial charge in [0.1, 0.15) is 6.07 Å². The minimum Gasteiger partial charge on any atom is -0.395 e. The summed E-state index contributed by atoms with van der Waals surface area (Å²) in [6.45, 7) is 0.739. The van der Waals surface area contributed by atoms with Gasteiger partial charge in [0.25, 0.3) is 11.4 Å². The lowest BCUT2D eigenvalue weighted by atomic mass is 10.0. The third-order valence-corrected chi connectivity index (χ3v) is 5.24. The minimum atomic E-state index is -0.785. The number of aliphatic hydroxyl groups is 2. The molecule has 37 heavy (non-hydrogen) atoms. The average Bonchev–Trinajstić information content (AvgIpc) is 2.91. The van der Waals surface area contributed by atoms with Crippen LogP contribution in [0.25, 0.3) is 12.2 Å². The normalized spacial score (nSPS) is 11.1. The molecular formula is C25H22N6O6. The number of rotatable bonds is 11. The zero-order valence-corrected chi connectivity index (χ0v) is 19.5. The summed E-state index contributed by atoms with van der Waals surface area (Å²) in [5.74, 6) is 0. The van der Waals surface area contributed by atoms with Crippen LogP contribution in [-0.4, -0.2) is 46.4 Å². The predicted molar refractivity (Wildman–Crippen MR) is 137 cm³/mol. The van der Waals surface area contributed by atoms with Crippen molar-refractivity contribution in [2.45, 2.75) is 0 Å². The minimum absolute atomic E-state index is 0.0261. The molecule has 0 spiro atoms. The van der Waals surface area contributed by atoms with Gasteiger partial charge in [-0.25, -0.2) is 0 Å². The highest BCUT2D eigenvalue weighted by atomic mass is 16.6. The first-order valence-electron chi connectivity index (χ1n) is 11.0. The van der Waals surface area contributed by atoms with Gasteiger partial charge in [-0.2, -0.15) is 15.5 Å². The summed E-state index contributed by atoms with van der Waals surface area (Å²) in [4.78, 5) is 22.7. The van der Waals surface area contributed by atoms with Crippen LogP contribution in [0, 0.1) is 31.6 Å². The lowest BCUT2D eigenvalue weighted by Crippen LogP contribution is -2.29. The molecule has 188 valence electrons. The van der Waals surface area contributed by atoms with Crippen molar-refractivity contribution in [3.05, 3.63) is 97.6 Å². The summed E-state index contributed by atoms with van der Waals surface area (Å²) in [5, 5.41) is 58.5. The first-order chi connectivity index (χ1) is 17.9. The highest BCUT2D eigenvalue weighted by molar-refractivity contribution is 5.79. The van der Waals surface area contributed by atoms with E-state index in [0.29, 0.717) is 30.0 Å². The molecular weight excluding hydrogens is 480 g/mol. The SMILES string of the molecule is N#Cc1cc([N+](=O)[O-])cc([N+](=O)[O-])c1/C=C/c1ccc(N=Nc2ccc(N(CCO)CCO)cc2)cc1. The number of nitro benzene ring substituents is 2. The Kier molecular flexibility index (Phi) is 9.09. The van der Waals surface area contributed by atoms with Crippen molar-refractivity contribution in [1.82, 2.24) is 0 Å². The number of nitrogens with zero attached hydrogens (tertiary/aromatic N) is 6. The summed E-state index contributed by atoms with van der Waals surface area (Å²) >= 11 is 0. The molecule has 0 amide bonds. The number of benzene rings is 3. The second kappa shape index (κ2) is 12.6. The van der Waals surface area contributed by atoms with E-state index in [2.05, 4.69) is 10.2 Å². The Bertz CT molecular complexity index is 1360. The van der Waals surface area contributed by atoms with Gasteiger partial charge in [-0.1, -0.05) is 18.2 Å². The van der Waals surface area contributed by atoms with Gasteiger partial charge in [0.15, 0.2) is 0 Å². The maximum atomic E-state index is 11.4. The monoisotopic (exact) mass is 502 g/mol. The third-order valence-electron chi connectivity index (χ3n) is 5.24. The highest BCUT2D eigenvalue weighted by Gasteiger charge is 2.22. The number of non-ortho nitro benzene ring substituents is 1. The van der Waals surface area contributed by atoms with Crippen LogP contribution in [0.1, 0.15) is 16.7 Å². The maximum Gasteiger partial charge on any atom is 0.284 e. The van der Waals surface area contributed by atoms with Crippen LogP contribution in [0.2, 0.25) is 0 Å². The van der Waals surface area contributed by atoms with E-state index in [9.17, 15) is 25.5 Å². The smallest absolute Gasteiger partial charge is 0.284 e. The fraction of sp³-hybridized carbons (Fsp3) is 0.160. The van der Waals surface area contributed by atoms with Crippen LogP contribution in [0.15, 0.2) is 70.9 Å². The second-order valence-electron chi connectivity index (χ2n) is 7.63. The molecule has 0 aliphatic heterocycles. The molecule has 0 aliphatic rings. The van der Waals surface area contributed by atoms with Gasteiger partial charge < -0.3 is 15.1 Å². The fourth-order valence-electron chi connectivity index (χ4n) is 3.44. The van der Waals surface area contributed by atoms with Crippen molar-refractivity contribution in [2.75, 3.05) is 31.2 Å². The van der Waals surface area contributed by atoms with E-state index in [1.165, 1.54) is 6.08 Å². The van der Waals surface area contributed by atoms with Gasteiger partial charge >= 0.3 is 0 Å². The molecule has 0 fully saturated rings. The Balaban J connectivity index is 1.75. The van der Waals surface area contributed by atoms with Crippen molar-refractivity contribution >= 4 is 40.6 Å². The zero-order valence-electron chi connectivity index (χ0n) is 19.5. The molecule has 2 N–H and O–H groups in total. The summed E-state index contributed by atoms with van der Waals surface area (Å²) in [6.07, 6.45) is 2.93. The van der Waals surface area contributed by atoms with Gasteiger partial charge in [0.05, 0.1) is 51.6 Å². The third kappa shape index (κ3) is 7.01. The van der Waals surface area contributed by atoms with Crippen molar-refractivity contribution < 1.29 is 20.1 Å². The van der Waals surface area contributed by atoms with Crippen LogP contribution in [0.4, 0.5) is 28.4 Å². The number of anilines is 1. The molecule has 3 aromatic rings. The number of hydrogen-bond donors (Lipinski definition) is 2. The molecule has 3 aromatic carbocycles. The Hall–Kier alpha value is -4.99. The second-order valence-corrected chi connectivity index (χ2v) is 7.63. The molecule has 0 radical (unpaired) electrons. The quantitative estimate of drug-likeness (QED) is 0.163. The van der Waals surface area contributed by atoms with Gasteiger partial charge in [0.2, 0.25) is 0 Å². The van der Waals surface area contributed by atoms with Gasteiger partial charge in [0, 0.05) is 24.8 Å². The first kappa shape index (κ1) is 26.6. The van der Waals surface area contributed by atoms with Crippen LogP contribution in [0.3, 0.4) is 0 Å². The van der Waals surface area contributed by atoms with Crippen LogP contribution in [-0.2, 0) is 0 Å². The fourth-order valence-corrected chi connectivity index (χ4v) is 3.44.